The number of aromatic nitrogens is 2. The van der Waals surface area contributed by atoms with Gasteiger partial charge < -0.3 is 10.1 Å². The third-order valence-electron chi connectivity index (χ3n) is 4.16. The van der Waals surface area contributed by atoms with Crippen LogP contribution in [0.2, 0.25) is 0 Å². The second-order valence-electron chi connectivity index (χ2n) is 6.39. The molecule has 30 heavy (non-hydrogen) atoms. The van der Waals surface area contributed by atoms with E-state index in [-0.39, 0.29) is 4.90 Å². The van der Waals surface area contributed by atoms with Gasteiger partial charge in [-0.15, -0.1) is 0 Å². The van der Waals surface area contributed by atoms with E-state index in [1.165, 1.54) is 37.5 Å². The van der Waals surface area contributed by atoms with Gasteiger partial charge in [0.05, 0.1) is 22.1 Å². The van der Waals surface area contributed by atoms with Gasteiger partial charge in [0.1, 0.15) is 6.54 Å². The molecular formula is C19H18N4O6S. The highest BCUT2D eigenvalue weighted by molar-refractivity contribution is 7.89. The zero-order valence-electron chi connectivity index (χ0n) is 15.8. The molecule has 11 heteroatoms. The van der Waals surface area contributed by atoms with Crippen LogP contribution in [0.3, 0.4) is 0 Å². The lowest BCUT2D eigenvalue weighted by Gasteiger charge is -2.14. The molecule has 0 aliphatic carbocycles. The molecule has 0 radical (unpaired) electrons. The molecule has 0 saturated carbocycles. The summed E-state index contributed by atoms with van der Waals surface area (Å²) < 4.78 is 28.7. The minimum absolute atomic E-state index is 0.102. The largest absolute Gasteiger partial charge is 0.451 e. The standard InChI is InChI=1S/C19H18N4O6S/c1-12(18(25)22-13-6-8-14(9-7-13)30(20,27)28)29-17(24)10-23-11-21-16-5-3-2-4-15(16)19(23)26/h2-9,11-12H,10H2,1H3,(H,22,25)(H2,20,27,28). The molecule has 156 valence electrons. The first kappa shape index (κ1) is 21.1. The van der Waals surface area contributed by atoms with Gasteiger partial charge in [-0.2, -0.15) is 0 Å². The molecule has 0 saturated heterocycles. The van der Waals surface area contributed by atoms with Gasteiger partial charge in [0.15, 0.2) is 6.10 Å². The summed E-state index contributed by atoms with van der Waals surface area (Å²) in [5.74, 6) is -1.42. The summed E-state index contributed by atoms with van der Waals surface area (Å²) in [5.41, 5.74) is 0.406. The van der Waals surface area contributed by atoms with Crippen molar-refractivity contribution in [1.29, 1.82) is 0 Å². The molecule has 0 fully saturated rings. The quantitative estimate of drug-likeness (QED) is 0.544. The number of nitrogens with zero attached hydrogens (tertiary/aromatic N) is 2. The minimum atomic E-state index is -3.84. The van der Waals surface area contributed by atoms with E-state index in [2.05, 4.69) is 10.3 Å². The Hall–Kier alpha value is -3.57. The van der Waals surface area contributed by atoms with Crippen molar-refractivity contribution in [2.24, 2.45) is 5.14 Å². The van der Waals surface area contributed by atoms with Crippen molar-refractivity contribution in [1.82, 2.24) is 9.55 Å². The summed E-state index contributed by atoms with van der Waals surface area (Å²) in [6.45, 7) is 0.963. The average molecular weight is 430 g/mol. The molecule has 1 heterocycles. The highest BCUT2D eigenvalue weighted by Gasteiger charge is 2.19. The van der Waals surface area contributed by atoms with E-state index in [4.69, 9.17) is 9.88 Å². The maximum atomic E-state index is 12.4. The molecule has 2 aromatic carbocycles. The summed E-state index contributed by atoms with van der Waals surface area (Å²) in [5, 5.41) is 7.87. The van der Waals surface area contributed by atoms with Gasteiger partial charge in [-0.25, -0.2) is 18.5 Å². The highest BCUT2D eigenvalue weighted by Crippen LogP contribution is 2.13. The normalized spacial score (nSPS) is 12.3. The molecule has 0 aliphatic rings. The monoisotopic (exact) mass is 430 g/mol. The second-order valence-corrected chi connectivity index (χ2v) is 7.95. The van der Waals surface area contributed by atoms with Crippen LogP contribution in [0.25, 0.3) is 10.9 Å². The molecule has 3 N–H and O–H groups in total. The van der Waals surface area contributed by atoms with Crippen LogP contribution in [-0.2, 0) is 30.9 Å². The Morgan fingerprint density at radius 1 is 1.17 bits per heavy atom. The zero-order chi connectivity index (χ0) is 21.9. The maximum absolute atomic E-state index is 12.4. The van der Waals surface area contributed by atoms with Crippen molar-refractivity contribution in [3.63, 3.8) is 0 Å². The number of primary sulfonamides is 1. The number of hydrogen-bond donors (Lipinski definition) is 2. The van der Waals surface area contributed by atoms with Gasteiger partial charge >= 0.3 is 5.97 Å². The lowest BCUT2D eigenvalue weighted by molar-refractivity contribution is -0.153. The predicted octanol–water partition coefficient (Wildman–Crippen LogP) is 0.614. The Morgan fingerprint density at radius 3 is 2.50 bits per heavy atom. The molecule has 3 rings (SSSR count). The summed E-state index contributed by atoms with van der Waals surface area (Å²) in [6, 6.07) is 11.9. The van der Waals surface area contributed by atoms with Crippen LogP contribution in [0.4, 0.5) is 5.69 Å². The number of hydrogen-bond acceptors (Lipinski definition) is 7. The number of esters is 1. The third-order valence-corrected chi connectivity index (χ3v) is 5.09. The topological polar surface area (TPSA) is 150 Å². The van der Waals surface area contributed by atoms with Gasteiger partial charge in [-0.05, 0) is 43.3 Å². The van der Waals surface area contributed by atoms with Crippen molar-refractivity contribution in [2.75, 3.05) is 5.32 Å². The summed E-state index contributed by atoms with van der Waals surface area (Å²) in [7, 11) is -3.84. The van der Waals surface area contributed by atoms with E-state index in [0.29, 0.717) is 16.6 Å². The molecule has 3 aromatic rings. The van der Waals surface area contributed by atoms with E-state index < -0.39 is 40.1 Å². The lowest BCUT2D eigenvalue weighted by Crippen LogP contribution is -2.33. The number of para-hydroxylation sites is 1. The van der Waals surface area contributed by atoms with Gasteiger partial charge in [-0.1, -0.05) is 12.1 Å². The van der Waals surface area contributed by atoms with Crippen LogP contribution in [0.5, 0.6) is 0 Å². The fourth-order valence-electron chi connectivity index (χ4n) is 2.62. The second kappa shape index (κ2) is 8.43. The number of fused-ring (bicyclic) bond motifs is 1. The van der Waals surface area contributed by atoms with Gasteiger partial charge in [0, 0.05) is 5.69 Å². The Morgan fingerprint density at radius 2 is 1.83 bits per heavy atom. The number of nitrogens with one attached hydrogen (secondary N) is 1. The van der Waals surface area contributed by atoms with Crippen molar-refractivity contribution < 1.29 is 22.7 Å². The number of anilines is 1. The maximum Gasteiger partial charge on any atom is 0.326 e. The fourth-order valence-corrected chi connectivity index (χ4v) is 3.13. The molecule has 1 unspecified atom stereocenters. The van der Waals surface area contributed by atoms with E-state index in [1.54, 1.807) is 24.3 Å². The van der Waals surface area contributed by atoms with Gasteiger partial charge in [0.2, 0.25) is 10.0 Å². The fraction of sp³-hybridized carbons (Fsp3) is 0.158. The van der Waals surface area contributed by atoms with Crippen LogP contribution < -0.4 is 16.0 Å². The third kappa shape index (κ3) is 4.88. The first-order valence-corrected chi connectivity index (χ1v) is 10.3. The molecule has 0 bridgehead atoms. The minimum Gasteiger partial charge on any atom is -0.451 e. The zero-order valence-corrected chi connectivity index (χ0v) is 16.6. The Balaban J connectivity index is 1.62. The molecule has 0 spiro atoms. The Labute approximate surface area is 171 Å². The first-order valence-electron chi connectivity index (χ1n) is 8.72. The smallest absolute Gasteiger partial charge is 0.326 e. The first-order chi connectivity index (χ1) is 14.1. The predicted molar refractivity (Wildman–Crippen MR) is 108 cm³/mol. The molecule has 1 atom stereocenters. The number of sulfonamides is 1. The van der Waals surface area contributed by atoms with E-state index >= 15 is 0 Å². The van der Waals surface area contributed by atoms with Crippen LogP contribution in [0.15, 0.2) is 64.5 Å². The molecule has 1 aromatic heterocycles. The van der Waals surface area contributed by atoms with Crippen molar-refractivity contribution >= 4 is 38.5 Å². The van der Waals surface area contributed by atoms with Crippen molar-refractivity contribution in [3.8, 4) is 0 Å². The van der Waals surface area contributed by atoms with Crippen LogP contribution in [0.1, 0.15) is 6.92 Å². The number of carbonyl (C=O) groups excluding carboxylic acids is 2. The molecule has 10 nitrogen and oxygen atoms in total. The molecule has 0 aliphatic heterocycles. The average Bonchev–Trinajstić information content (AvgIpc) is 2.70. The lowest BCUT2D eigenvalue weighted by atomic mass is 10.2. The number of amides is 1. The SMILES string of the molecule is CC(OC(=O)Cn1cnc2ccccc2c1=O)C(=O)Nc1ccc(S(N)(=O)=O)cc1. The van der Waals surface area contributed by atoms with E-state index in [1.807, 2.05) is 0 Å². The van der Waals surface area contributed by atoms with E-state index in [0.717, 1.165) is 4.57 Å². The summed E-state index contributed by atoms with van der Waals surface area (Å²) in [6.07, 6.45) is 0.0866. The molecule has 1 amide bonds. The number of carbonyl (C=O) groups is 2. The van der Waals surface area contributed by atoms with Crippen LogP contribution in [0, 0.1) is 0 Å². The van der Waals surface area contributed by atoms with Gasteiger partial charge in [0.25, 0.3) is 11.5 Å². The van der Waals surface area contributed by atoms with Crippen LogP contribution >= 0.6 is 0 Å². The van der Waals surface area contributed by atoms with Crippen molar-refractivity contribution in [3.05, 3.63) is 65.2 Å². The number of rotatable bonds is 6. The summed E-state index contributed by atoms with van der Waals surface area (Å²) in [4.78, 5) is 40.8. The van der Waals surface area contributed by atoms with Crippen molar-refractivity contribution in [2.45, 2.75) is 24.5 Å². The van der Waals surface area contributed by atoms with Gasteiger partial charge in [-0.3, -0.25) is 19.0 Å². The summed E-state index contributed by atoms with van der Waals surface area (Å²) >= 11 is 0. The Kier molecular flexibility index (Phi) is 5.94. The molecular weight excluding hydrogens is 412 g/mol. The number of ether oxygens (including phenoxy) is 1. The van der Waals surface area contributed by atoms with E-state index in [9.17, 15) is 22.8 Å². The van der Waals surface area contributed by atoms with Crippen LogP contribution in [-0.4, -0.2) is 35.9 Å². The Bertz CT molecular complexity index is 1270. The highest BCUT2D eigenvalue weighted by atomic mass is 32.2. The number of benzene rings is 2. The number of nitrogens with two attached hydrogens (primary N) is 1.